The van der Waals surface area contributed by atoms with Crippen LogP contribution in [-0.2, 0) is 6.42 Å². The van der Waals surface area contributed by atoms with E-state index in [2.05, 4.69) is 42.8 Å². The molecule has 2 aromatic rings. The summed E-state index contributed by atoms with van der Waals surface area (Å²) in [5, 5.41) is 5.36. The van der Waals surface area contributed by atoms with Gasteiger partial charge in [-0.05, 0) is 40.0 Å². The van der Waals surface area contributed by atoms with Gasteiger partial charge in [0.15, 0.2) is 0 Å². The van der Waals surface area contributed by atoms with Crippen molar-refractivity contribution in [1.29, 1.82) is 0 Å². The second-order valence-electron chi connectivity index (χ2n) is 5.17. The molecule has 0 bridgehead atoms. The molecule has 0 saturated heterocycles. The highest BCUT2D eigenvalue weighted by Gasteiger charge is 2.15. The molecule has 1 atom stereocenters. The summed E-state index contributed by atoms with van der Waals surface area (Å²) in [4.78, 5) is 0. The number of fused-ring (bicyclic) bond motifs is 1. The van der Waals surface area contributed by atoms with E-state index in [1.165, 1.54) is 11.1 Å². The van der Waals surface area contributed by atoms with Crippen LogP contribution in [0.3, 0.4) is 0 Å². The van der Waals surface area contributed by atoms with E-state index in [1.807, 2.05) is 19.2 Å². The highest BCUT2D eigenvalue weighted by molar-refractivity contribution is 6.35. The van der Waals surface area contributed by atoms with Crippen molar-refractivity contribution in [3.8, 4) is 0 Å². The Morgan fingerprint density at radius 2 is 2.00 bits per heavy atom. The van der Waals surface area contributed by atoms with Gasteiger partial charge in [-0.3, -0.25) is 0 Å². The lowest BCUT2D eigenvalue weighted by Gasteiger charge is -2.17. The summed E-state index contributed by atoms with van der Waals surface area (Å²) in [5.41, 5.74) is 2.50. The van der Waals surface area contributed by atoms with Crippen LogP contribution in [-0.4, -0.2) is 17.7 Å². The number of nitrogens with zero attached hydrogens (tertiary/aromatic N) is 1. The molecule has 0 aliphatic heterocycles. The quantitative estimate of drug-likeness (QED) is 0.882. The van der Waals surface area contributed by atoms with Crippen molar-refractivity contribution in [1.82, 2.24) is 9.88 Å². The first-order valence-corrected chi connectivity index (χ1v) is 6.88. The Kier molecular flexibility index (Phi) is 3.98. The molecule has 0 spiro atoms. The highest BCUT2D eigenvalue weighted by atomic mass is 35.5. The molecule has 0 fully saturated rings. The van der Waals surface area contributed by atoms with Gasteiger partial charge in [0.1, 0.15) is 0 Å². The number of hydrogen-bond acceptors (Lipinski definition) is 1. The number of halogens is 1. The summed E-state index contributed by atoms with van der Waals surface area (Å²) < 4.78 is 2.35. The lowest BCUT2D eigenvalue weighted by Crippen LogP contribution is -2.25. The van der Waals surface area contributed by atoms with Crippen molar-refractivity contribution in [3.63, 3.8) is 0 Å². The molecule has 2 nitrogen and oxygen atoms in total. The molecule has 18 heavy (non-hydrogen) atoms. The van der Waals surface area contributed by atoms with E-state index >= 15 is 0 Å². The van der Waals surface area contributed by atoms with Crippen molar-refractivity contribution in [3.05, 3.63) is 35.0 Å². The molecule has 2 rings (SSSR count). The molecule has 0 amide bonds. The van der Waals surface area contributed by atoms with Crippen LogP contribution in [0.2, 0.25) is 5.02 Å². The zero-order valence-electron chi connectivity index (χ0n) is 11.5. The molecule has 0 aliphatic rings. The van der Waals surface area contributed by atoms with E-state index in [9.17, 15) is 0 Å². The topological polar surface area (TPSA) is 17.0 Å². The summed E-state index contributed by atoms with van der Waals surface area (Å²) in [5.74, 6) is 0. The van der Waals surface area contributed by atoms with Gasteiger partial charge in [-0.25, -0.2) is 0 Å². The molecule has 0 aliphatic carbocycles. The summed E-state index contributed by atoms with van der Waals surface area (Å²) in [6.45, 7) is 6.61. The Bertz CT molecular complexity index is 543. The SMILES string of the molecule is CNC(C)Cc1cc2cccc(Cl)c2n1C(C)C. The minimum Gasteiger partial charge on any atom is -0.341 e. The first kappa shape index (κ1) is 13.4. The largest absolute Gasteiger partial charge is 0.341 e. The number of benzene rings is 1. The summed E-state index contributed by atoms with van der Waals surface area (Å²) in [6, 6.07) is 9.25. The van der Waals surface area contributed by atoms with Gasteiger partial charge in [0.25, 0.3) is 0 Å². The third kappa shape index (κ3) is 2.40. The summed E-state index contributed by atoms with van der Waals surface area (Å²) in [6.07, 6.45) is 1.01. The molecule has 1 unspecified atom stereocenters. The lowest BCUT2D eigenvalue weighted by molar-refractivity contribution is 0.545. The highest BCUT2D eigenvalue weighted by Crippen LogP contribution is 2.30. The number of rotatable bonds is 4. The summed E-state index contributed by atoms with van der Waals surface area (Å²) >= 11 is 6.35. The molecule has 1 aromatic heterocycles. The first-order valence-electron chi connectivity index (χ1n) is 6.50. The van der Waals surface area contributed by atoms with Crippen molar-refractivity contribution in [2.75, 3.05) is 7.05 Å². The van der Waals surface area contributed by atoms with E-state index < -0.39 is 0 Å². The van der Waals surface area contributed by atoms with E-state index in [4.69, 9.17) is 11.6 Å². The summed E-state index contributed by atoms with van der Waals surface area (Å²) in [7, 11) is 2.00. The van der Waals surface area contributed by atoms with Gasteiger partial charge >= 0.3 is 0 Å². The smallest absolute Gasteiger partial charge is 0.0674 e. The van der Waals surface area contributed by atoms with Crippen molar-refractivity contribution >= 4 is 22.5 Å². The lowest BCUT2D eigenvalue weighted by atomic mass is 10.1. The van der Waals surface area contributed by atoms with Gasteiger partial charge in [-0.1, -0.05) is 23.7 Å². The maximum atomic E-state index is 6.35. The van der Waals surface area contributed by atoms with Gasteiger partial charge in [-0.15, -0.1) is 0 Å². The van der Waals surface area contributed by atoms with Crippen LogP contribution in [0.15, 0.2) is 24.3 Å². The molecule has 0 radical (unpaired) electrons. The van der Waals surface area contributed by atoms with Gasteiger partial charge < -0.3 is 9.88 Å². The van der Waals surface area contributed by atoms with Crippen LogP contribution in [0.1, 0.15) is 32.5 Å². The molecule has 3 heteroatoms. The number of aromatic nitrogens is 1. The third-order valence-corrected chi connectivity index (χ3v) is 3.72. The van der Waals surface area contributed by atoms with Gasteiger partial charge in [-0.2, -0.15) is 0 Å². The molecule has 0 saturated carbocycles. The second-order valence-corrected chi connectivity index (χ2v) is 5.58. The van der Waals surface area contributed by atoms with E-state index in [-0.39, 0.29) is 0 Å². The first-order chi connectivity index (χ1) is 8.54. The predicted octanol–water partition coefficient (Wildman–Crippen LogP) is 4.03. The Morgan fingerprint density at radius 1 is 1.28 bits per heavy atom. The maximum Gasteiger partial charge on any atom is 0.0674 e. The zero-order chi connectivity index (χ0) is 13.3. The Balaban J connectivity index is 2.59. The minimum atomic E-state index is 0.418. The number of para-hydroxylation sites is 1. The molecular formula is C15H21ClN2. The van der Waals surface area contributed by atoms with Crippen molar-refractivity contribution < 1.29 is 0 Å². The van der Waals surface area contributed by atoms with Crippen LogP contribution in [0.25, 0.3) is 10.9 Å². The molecule has 1 aromatic carbocycles. The standard InChI is InChI=1S/C15H21ClN2/c1-10(2)18-13(8-11(3)17-4)9-12-6-5-7-14(16)15(12)18/h5-7,9-11,17H,8H2,1-4H3. The third-order valence-electron chi connectivity index (χ3n) is 3.41. The average Bonchev–Trinajstić information content (AvgIpc) is 2.68. The fourth-order valence-corrected chi connectivity index (χ4v) is 2.73. The van der Waals surface area contributed by atoms with E-state index in [0.29, 0.717) is 12.1 Å². The van der Waals surface area contributed by atoms with Crippen LogP contribution in [0, 0.1) is 0 Å². The monoisotopic (exact) mass is 264 g/mol. The Hall–Kier alpha value is -0.990. The van der Waals surface area contributed by atoms with Crippen LogP contribution in [0.5, 0.6) is 0 Å². The minimum absolute atomic E-state index is 0.418. The Morgan fingerprint density at radius 3 is 2.61 bits per heavy atom. The molecule has 1 N–H and O–H groups in total. The maximum absolute atomic E-state index is 6.35. The van der Waals surface area contributed by atoms with Gasteiger partial charge in [0.05, 0.1) is 10.5 Å². The van der Waals surface area contributed by atoms with Crippen molar-refractivity contribution in [2.45, 2.75) is 39.3 Å². The number of likely N-dealkylation sites (N-methyl/N-ethyl adjacent to an activating group) is 1. The molecule has 1 heterocycles. The van der Waals surface area contributed by atoms with Gasteiger partial charge in [0, 0.05) is 29.6 Å². The van der Waals surface area contributed by atoms with E-state index in [1.54, 1.807) is 0 Å². The fraction of sp³-hybridized carbons (Fsp3) is 0.467. The van der Waals surface area contributed by atoms with Crippen molar-refractivity contribution in [2.24, 2.45) is 0 Å². The normalized spacial score (nSPS) is 13.4. The van der Waals surface area contributed by atoms with E-state index in [0.717, 1.165) is 17.0 Å². The Labute approximate surface area is 114 Å². The fourth-order valence-electron chi connectivity index (χ4n) is 2.46. The van der Waals surface area contributed by atoms with Crippen LogP contribution >= 0.6 is 11.6 Å². The number of nitrogens with one attached hydrogen (secondary N) is 1. The predicted molar refractivity (Wildman–Crippen MR) is 79.6 cm³/mol. The zero-order valence-corrected chi connectivity index (χ0v) is 12.3. The number of hydrogen-bond donors (Lipinski definition) is 1. The average molecular weight is 265 g/mol. The van der Waals surface area contributed by atoms with Crippen LogP contribution in [0.4, 0.5) is 0 Å². The van der Waals surface area contributed by atoms with Gasteiger partial charge in [0.2, 0.25) is 0 Å². The molecular weight excluding hydrogens is 244 g/mol. The second kappa shape index (κ2) is 5.33. The molecule has 98 valence electrons. The van der Waals surface area contributed by atoms with Crippen LogP contribution < -0.4 is 5.32 Å².